The molecule has 5 heteroatoms. The van der Waals surface area contributed by atoms with Gasteiger partial charge in [0, 0.05) is 19.0 Å². The molecule has 0 aliphatic rings. The summed E-state index contributed by atoms with van der Waals surface area (Å²) in [7, 11) is 0. The highest BCUT2D eigenvalue weighted by Gasteiger charge is 2.15. The summed E-state index contributed by atoms with van der Waals surface area (Å²) in [6.07, 6.45) is 2.11. The molecule has 0 aromatic rings. The predicted octanol–water partition coefficient (Wildman–Crippen LogP) is 0.489. The minimum absolute atomic E-state index is 0.0276. The SMILES string of the molecule is CCN(CC(=O)NC(C)C)C(=O)CCCCN. The summed E-state index contributed by atoms with van der Waals surface area (Å²) in [5.74, 6) is -0.0751. The van der Waals surface area contributed by atoms with Crippen LogP contribution in [0.4, 0.5) is 0 Å². The Morgan fingerprint density at radius 1 is 1.29 bits per heavy atom. The van der Waals surface area contributed by atoms with E-state index in [2.05, 4.69) is 5.32 Å². The first-order valence-corrected chi connectivity index (χ1v) is 6.28. The van der Waals surface area contributed by atoms with E-state index in [4.69, 9.17) is 5.73 Å². The molecule has 0 aliphatic carbocycles. The molecule has 100 valence electrons. The monoisotopic (exact) mass is 243 g/mol. The van der Waals surface area contributed by atoms with E-state index in [-0.39, 0.29) is 24.4 Å². The number of hydrogen-bond acceptors (Lipinski definition) is 3. The highest BCUT2D eigenvalue weighted by Crippen LogP contribution is 2.00. The lowest BCUT2D eigenvalue weighted by molar-refractivity contribution is -0.136. The molecule has 0 saturated carbocycles. The van der Waals surface area contributed by atoms with E-state index in [0.29, 0.717) is 19.5 Å². The van der Waals surface area contributed by atoms with Gasteiger partial charge in [-0.05, 0) is 40.2 Å². The zero-order valence-corrected chi connectivity index (χ0v) is 11.2. The van der Waals surface area contributed by atoms with Crippen LogP contribution in [0.5, 0.6) is 0 Å². The van der Waals surface area contributed by atoms with Gasteiger partial charge in [-0.15, -0.1) is 0 Å². The van der Waals surface area contributed by atoms with E-state index in [1.54, 1.807) is 4.90 Å². The Morgan fingerprint density at radius 3 is 2.41 bits per heavy atom. The summed E-state index contributed by atoms with van der Waals surface area (Å²) < 4.78 is 0. The summed E-state index contributed by atoms with van der Waals surface area (Å²) in [4.78, 5) is 24.9. The number of rotatable bonds is 8. The highest BCUT2D eigenvalue weighted by molar-refractivity contribution is 5.84. The topological polar surface area (TPSA) is 75.4 Å². The van der Waals surface area contributed by atoms with Crippen molar-refractivity contribution in [1.29, 1.82) is 0 Å². The number of carbonyl (C=O) groups excluding carboxylic acids is 2. The maximum Gasteiger partial charge on any atom is 0.239 e. The molecule has 0 saturated heterocycles. The quantitative estimate of drug-likeness (QED) is 0.609. The van der Waals surface area contributed by atoms with Gasteiger partial charge in [-0.2, -0.15) is 0 Å². The van der Waals surface area contributed by atoms with E-state index in [1.807, 2.05) is 20.8 Å². The van der Waals surface area contributed by atoms with Crippen LogP contribution < -0.4 is 11.1 Å². The number of nitrogens with zero attached hydrogens (tertiary/aromatic N) is 1. The molecule has 0 aliphatic heterocycles. The van der Waals surface area contributed by atoms with Crippen LogP contribution in [0.2, 0.25) is 0 Å². The van der Waals surface area contributed by atoms with Crippen LogP contribution >= 0.6 is 0 Å². The number of unbranched alkanes of at least 4 members (excludes halogenated alkanes) is 1. The Balaban J connectivity index is 4.04. The molecule has 0 aromatic carbocycles. The Kier molecular flexibility index (Phi) is 8.40. The predicted molar refractivity (Wildman–Crippen MR) is 68.4 cm³/mol. The van der Waals surface area contributed by atoms with Crippen molar-refractivity contribution in [3.05, 3.63) is 0 Å². The molecule has 17 heavy (non-hydrogen) atoms. The molecule has 0 aromatic heterocycles. The minimum Gasteiger partial charge on any atom is -0.352 e. The van der Waals surface area contributed by atoms with Gasteiger partial charge in [-0.3, -0.25) is 9.59 Å². The number of nitrogens with two attached hydrogens (primary N) is 1. The number of amides is 2. The van der Waals surface area contributed by atoms with Crippen LogP contribution in [0.25, 0.3) is 0 Å². The first kappa shape index (κ1) is 15.9. The second kappa shape index (κ2) is 8.98. The maximum atomic E-state index is 11.8. The second-order valence-electron chi connectivity index (χ2n) is 4.38. The third-order valence-corrected chi connectivity index (χ3v) is 2.36. The molecule has 5 nitrogen and oxygen atoms in total. The van der Waals surface area contributed by atoms with E-state index in [1.165, 1.54) is 0 Å². The van der Waals surface area contributed by atoms with Crippen molar-refractivity contribution in [1.82, 2.24) is 10.2 Å². The van der Waals surface area contributed by atoms with Crippen molar-refractivity contribution >= 4 is 11.8 Å². The van der Waals surface area contributed by atoms with Crippen LogP contribution in [0, 0.1) is 0 Å². The Hall–Kier alpha value is -1.10. The second-order valence-corrected chi connectivity index (χ2v) is 4.38. The third kappa shape index (κ3) is 7.74. The first-order chi connectivity index (χ1) is 8.01. The van der Waals surface area contributed by atoms with Gasteiger partial charge in [0.05, 0.1) is 6.54 Å². The fourth-order valence-corrected chi connectivity index (χ4v) is 1.50. The van der Waals surface area contributed by atoms with Gasteiger partial charge in [-0.25, -0.2) is 0 Å². The average molecular weight is 243 g/mol. The van der Waals surface area contributed by atoms with Crippen molar-refractivity contribution < 1.29 is 9.59 Å². The normalized spacial score (nSPS) is 10.4. The molecule has 0 spiro atoms. The Labute approximate surface area is 104 Å². The fraction of sp³-hybridized carbons (Fsp3) is 0.833. The number of carbonyl (C=O) groups is 2. The van der Waals surface area contributed by atoms with Gasteiger partial charge in [0.2, 0.25) is 11.8 Å². The van der Waals surface area contributed by atoms with Crippen molar-refractivity contribution in [2.24, 2.45) is 5.73 Å². The van der Waals surface area contributed by atoms with Gasteiger partial charge in [0.15, 0.2) is 0 Å². The van der Waals surface area contributed by atoms with Crippen LogP contribution in [0.1, 0.15) is 40.0 Å². The molecule has 0 unspecified atom stereocenters. The molecule has 0 atom stereocenters. The van der Waals surface area contributed by atoms with E-state index in [0.717, 1.165) is 12.8 Å². The largest absolute Gasteiger partial charge is 0.352 e. The van der Waals surface area contributed by atoms with Crippen LogP contribution in [-0.2, 0) is 9.59 Å². The molecular formula is C12H25N3O2. The fourth-order valence-electron chi connectivity index (χ4n) is 1.50. The van der Waals surface area contributed by atoms with E-state index < -0.39 is 0 Å². The lowest BCUT2D eigenvalue weighted by Gasteiger charge is -2.21. The smallest absolute Gasteiger partial charge is 0.239 e. The molecule has 0 bridgehead atoms. The number of hydrogen-bond donors (Lipinski definition) is 2. The van der Waals surface area contributed by atoms with Crippen molar-refractivity contribution in [3.8, 4) is 0 Å². The molecular weight excluding hydrogens is 218 g/mol. The van der Waals surface area contributed by atoms with Gasteiger partial charge in [0.1, 0.15) is 0 Å². The summed E-state index contributed by atoms with van der Waals surface area (Å²) in [5, 5.41) is 2.78. The van der Waals surface area contributed by atoms with Gasteiger partial charge in [0.25, 0.3) is 0 Å². The van der Waals surface area contributed by atoms with E-state index >= 15 is 0 Å². The summed E-state index contributed by atoms with van der Waals surface area (Å²) in [5.41, 5.74) is 5.37. The van der Waals surface area contributed by atoms with Gasteiger partial charge < -0.3 is 16.0 Å². The molecule has 3 N–H and O–H groups in total. The zero-order chi connectivity index (χ0) is 13.3. The highest BCUT2D eigenvalue weighted by atomic mass is 16.2. The number of nitrogens with one attached hydrogen (secondary N) is 1. The maximum absolute atomic E-state index is 11.8. The minimum atomic E-state index is -0.103. The lowest BCUT2D eigenvalue weighted by atomic mass is 10.2. The summed E-state index contributed by atoms with van der Waals surface area (Å²) >= 11 is 0. The Bertz CT molecular complexity index is 242. The zero-order valence-electron chi connectivity index (χ0n) is 11.2. The van der Waals surface area contributed by atoms with Crippen molar-refractivity contribution in [2.45, 2.75) is 46.1 Å². The molecule has 0 fully saturated rings. The van der Waals surface area contributed by atoms with E-state index in [9.17, 15) is 9.59 Å². The van der Waals surface area contributed by atoms with Gasteiger partial charge in [-0.1, -0.05) is 0 Å². The standard InChI is InChI=1S/C12H25N3O2/c1-4-15(9-11(16)14-10(2)3)12(17)7-5-6-8-13/h10H,4-9,13H2,1-3H3,(H,14,16). The van der Waals surface area contributed by atoms with Crippen LogP contribution in [0.15, 0.2) is 0 Å². The third-order valence-electron chi connectivity index (χ3n) is 2.36. The molecule has 0 rings (SSSR count). The van der Waals surface area contributed by atoms with Crippen LogP contribution in [-0.4, -0.2) is 42.4 Å². The molecule has 0 heterocycles. The summed E-state index contributed by atoms with van der Waals surface area (Å²) in [6, 6.07) is 0.105. The lowest BCUT2D eigenvalue weighted by Crippen LogP contribution is -2.42. The first-order valence-electron chi connectivity index (χ1n) is 6.28. The molecule has 0 radical (unpaired) electrons. The summed E-state index contributed by atoms with van der Waals surface area (Å²) in [6.45, 7) is 6.99. The van der Waals surface area contributed by atoms with Crippen molar-refractivity contribution in [2.75, 3.05) is 19.6 Å². The Morgan fingerprint density at radius 2 is 1.94 bits per heavy atom. The van der Waals surface area contributed by atoms with Gasteiger partial charge >= 0.3 is 0 Å². The average Bonchev–Trinajstić information content (AvgIpc) is 2.25. The molecule has 2 amide bonds. The van der Waals surface area contributed by atoms with Crippen molar-refractivity contribution in [3.63, 3.8) is 0 Å². The number of likely N-dealkylation sites (N-methyl/N-ethyl adjacent to an activating group) is 1. The van der Waals surface area contributed by atoms with Crippen LogP contribution in [0.3, 0.4) is 0 Å².